The molecule has 3 rings (SSSR count). The molecule has 2 amide bonds. The third-order valence-electron chi connectivity index (χ3n) is 4.37. The molecule has 1 aliphatic rings. The molecule has 0 aliphatic carbocycles. The Morgan fingerprint density at radius 2 is 1.93 bits per heavy atom. The lowest BCUT2D eigenvalue weighted by Crippen LogP contribution is -2.54. The third kappa shape index (κ3) is 4.60. The van der Waals surface area contributed by atoms with Crippen LogP contribution in [0, 0.1) is 0 Å². The molecule has 0 bridgehead atoms. The summed E-state index contributed by atoms with van der Waals surface area (Å²) in [5.74, 6) is 0. The van der Waals surface area contributed by atoms with Crippen LogP contribution in [0.1, 0.15) is 6.92 Å². The van der Waals surface area contributed by atoms with Crippen LogP contribution in [0.4, 0.5) is 4.79 Å². The molecule has 2 heterocycles. The molecule has 1 aromatic carbocycles. The fourth-order valence-electron chi connectivity index (χ4n) is 2.96. The summed E-state index contributed by atoms with van der Waals surface area (Å²) in [4.78, 5) is 14.1. The number of amides is 2. The van der Waals surface area contributed by atoms with Gasteiger partial charge in [-0.2, -0.15) is 9.40 Å². The molecule has 146 valence electrons. The van der Waals surface area contributed by atoms with Gasteiger partial charge in [-0.3, -0.25) is 4.68 Å². The highest BCUT2D eigenvalue weighted by atomic mass is 35.5. The fraction of sp³-hybridized carbons (Fsp3) is 0.412. The summed E-state index contributed by atoms with van der Waals surface area (Å²) in [5, 5.41) is 7.24. The monoisotopic (exact) mass is 411 g/mol. The maximum Gasteiger partial charge on any atom is 0.317 e. The Kier molecular flexibility index (Phi) is 6.03. The first-order valence-corrected chi connectivity index (χ1v) is 10.5. The summed E-state index contributed by atoms with van der Waals surface area (Å²) < 4.78 is 28.6. The van der Waals surface area contributed by atoms with Crippen LogP contribution in [0.25, 0.3) is 0 Å². The van der Waals surface area contributed by atoms with Gasteiger partial charge in [-0.25, -0.2) is 13.2 Å². The number of sulfonamides is 1. The molecule has 27 heavy (non-hydrogen) atoms. The lowest BCUT2D eigenvalue weighted by Gasteiger charge is -2.34. The van der Waals surface area contributed by atoms with Crippen LogP contribution in [0.15, 0.2) is 47.6 Å². The number of urea groups is 1. The van der Waals surface area contributed by atoms with Crippen molar-refractivity contribution < 1.29 is 13.2 Å². The number of nitrogens with zero attached hydrogens (tertiary/aromatic N) is 4. The van der Waals surface area contributed by atoms with E-state index in [2.05, 4.69) is 10.4 Å². The predicted octanol–water partition coefficient (Wildman–Crippen LogP) is 1.64. The quantitative estimate of drug-likeness (QED) is 0.810. The van der Waals surface area contributed by atoms with Crippen molar-refractivity contribution in [2.45, 2.75) is 24.4 Å². The van der Waals surface area contributed by atoms with Gasteiger partial charge in [-0.15, -0.1) is 0 Å². The predicted molar refractivity (Wildman–Crippen MR) is 102 cm³/mol. The Morgan fingerprint density at radius 1 is 1.22 bits per heavy atom. The highest BCUT2D eigenvalue weighted by Gasteiger charge is 2.31. The van der Waals surface area contributed by atoms with Gasteiger partial charge in [0.1, 0.15) is 4.90 Å². The molecule has 1 aliphatic heterocycles. The van der Waals surface area contributed by atoms with Crippen molar-refractivity contribution >= 4 is 27.7 Å². The smallest absolute Gasteiger partial charge is 0.317 e. The standard InChI is InChI=1S/C17H22ClN5O3S/c1-14(13-22-8-4-7-19-22)20-17(24)21-9-11-23(12-10-21)27(25,26)16-6-3-2-5-15(16)18/h2-8,14H,9-13H2,1H3,(H,20,24). The van der Waals surface area contributed by atoms with E-state index < -0.39 is 10.0 Å². The number of benzene rings is 1. The minimum Gasteiger partial charge on any atom is -0.334 e. The van der Waals surface area contributed by atoms with Crippen LogP contribution < -0.4 is 5.32 Å². The molecular weight excluding hydrogens is 390 g/mol. The Morgan fingerprint density at radius 3 is 2.56 bits per heavy atom. The van der Waals surface area contributed by atoms with E-state index in [0.717, 1.165) is 0 Å². The number of hydrogen-bond acceptors (Lipinski definition) is 4. The molecule has 1 saturated heterocycles. The van der Waals surface area contributed by atoms with Crippen LogP contribution in [-0.2, 0) is 16.6 Å². The topological polar surface area (TPSA) is 87.5 Å². The second-order valence-corrected chi connectivity index (χ2v) is 8.71. The second kappa shape index (κ2) is 8.28. The first-order chi connectivity index (χ1) is 12.9. The number of rotatable bonds is 5. The third-order valence-corrected chi connectivity index (χ3v) is 6.77. The van der Waals surface area contributed by atoms with E-state index in [9.17, 15) is 13.2 Å². The zero-order chi connectivity index (χ0) is 19.4. The molecule has 1 atom stereocenters. The highest BCUT2D eigenvalue weighted by molar-refractivity contribution is 7.89. The van der Waals surface area contributed by atoms with Crippen molar-refractivity contribution in [3.8, 4) is 0 Å². The first kappa shape index (κ1) is 19.7. The normalized spacial score (nSPS) is 16.9. The zero-order valence-corrected chi connectivity index (χ0v) is 16.5. The Labute approximate surface area is 163 Å². The minimum atomic E-state index is -3.67. The second-order valence-electron chi connectivity index (χ2n) is 6.40. The van der Waals surface area contributed by atoms with E-state index in [4.69, 9.17) is 11.6 Å². The number of hydrogen-bond donors (Lipinski definition) is 1. The molecule has 1 fully saturated rings. The van der Waals surface area contributed by atoms with Crippen molar-refractivity contribution in [3.05, 3.63) is 47.7 Å². The number of nitrogens with one attached hydrogen (secondary N) is 1. The minimum absolute atomic E-state index is 0.0948. The largest absolute Gasteiger partial charge is 0.334 e. The lowest BCUT2D eigenvalue weighted by molar-refractivity contribution is 0.168. The molecule has 1 unspecified atom stereocenters. The molecular formula is C17H22ClN5O3S. The number of aromatic nitrogens is 2. The summed E-state index contributed by atoms with van der Waals surface area (Å²) in [7, 11) is -3.67. The van der Waals surface area contributed by atoms with E-state index >= 15 is 0 Å². The van der Waals surface area contributed by atoms with Gasteiger partial charge in [0.2, 0.25) is 10.0 Å². The van der Waals surface area contributed by atoms with E-state index in [0.29, 0.717) is 19.6 Å². The van der Waals surface area contributed by atoms with E-state index in [1.165, 1.54) is 10.4 Å². The van der Waals surface area contributed by atoms with Crippen molar-refractivity contribution in [3.63, 3.8) is 0 Å². The average Bonchev–Trinajstić information content (AvgIpc) is 3.14. The molecule has 0 radical (unpaired) electrons. The molecule has 2 aromatic rings. The van der Waals surface area contributed by atoms with Crippen LogP contribution in [0.3, 0.4) is 0 Å². The molecule has 8 nitrogen and oxygen atoms in total. The lowest BCUT2D eigenvalue weighted by atomic mass is 10.3. The first-order valence-electron chi connectivity index (χ1n) is 8.65. The summed E-state index contributed by atoms with van der Waals surface area (Å²) >= 11 is 6.04. The summed E-state index contributed by atoms with van der Waals surface area (Å²) in [5.41, 5.74) is 0. The van der Waals surface area contributed by atoms with Gasteiger partial charge in [-0.1, -0.05) is 23.7 Å². The van der Waals surface area contributed by atoms with Gasteiger partial charge >= 0.3 is 6.03 Å². The Balaban J connectivity index is 1.55. The number of piperazine rings is 1. The highest BCUT2D eigenvalue weighted by Crippen LogP contribution is 2.24. The van der Waals surface area contributed by atoms with Crippen LogP contribution in [0.5, 0.6) is 0 Å². The van der Waals surface area contributed by atoms with Gasteiger partial charge in [0, 0.05) is 44.6 Å². The fourth-order valence-corrected chi connectivity index (χ4v) is 4.88. The zero-order valence-electron chi connectivity index (χ0n) is 15.0. The summed E-state index contributed by atoms with van der Waals surface area (Å²) in [6.45, 7) is 3.58. The number of carbonyl (C=O) groups excluding carboxylic acids is 1. The Bertz CT molecular complexity index is 880. The Hall–Kier alpha value is -2.10. The number of carbonyl (C=O) groups is 1. The van der Waals surface area contributed by atoms with Crippen molar-refractivity contribution in [1.82, 2.24) is 24.3 Å². The summed E-state index contributed by atoms with van der Waals surface area (Å²) in [6.07, 6.45) is 3.52. The number of halogens is 1. The van der Waals surface area contributed by atoms with E-state index in [1.54, 1.807) is 34.0 Å². The molecule has 1 aromatic heterocycles. The molecule has 10 heteroatoms. The van der Waals surface area contributed by atoms with Crippen molar-refractivity contribution in [2.75, 3.05) is 26.2 Å². The maximum atomic E-state index is 12.8. The van der Waals surface area contributed by atoms with E-state index in [1.807, 2.05) is 19.2 Å². The molecule has 0 spiro atoms. The van der Waals surface area contributed by atoms with E-state index in [-0.39, 0.29) is 35.1 Å². The van der Waals surface area contributed by atoms with Crippen LogP contribution in [-0.4, -0.2) is 65.7 Å². The van der Waals surface area contributed by atoms with Gasteiger partial charge in [0.15, 0.2) is 0 Å². The molecule has 1 N–H and O–H groups in total. The van der Waals surface area contributed by atoms with Crippen molar-refractivity contribution in [2.24, 2.45) is 0 Å². The van der Waals surface area contributed by atoms with Gasteiger partial charge in [0.25, 0.3) is 0 Å². The summed E-state index contributed by atoms with van der Waals surface area (Å²) in [6, 6.07) is 7.91. The van der Waals surface area contributed by atoms with Crippen LogP contribution >= 0.6 is 11.6 Å². The van der Waals surface area contributed by atoms with Crippen LogP contribution in [0.2, 0.25) is 5.02 Å². The van der Waals surface area contributed by atoms with Gasteiger partial charge in [-0.05, 0) is 25.1 Å². The SMILES string of the molecule is CC(Cn1cccn1)NC(=O)N1CCN(S(=O)(=O)c2ccccc2Cl)CC1. The van der Waals surface area contributed by atoms with Gasteiger partial charge < -0.3 is 10.2 Å². The van der Waals surface area contributed by atoms with Gasteiger partial charge in [0.05, 0.1) is 11.6 Å². The van der Waals surface area contributed by atoms with Crippen molar-refractivity contribution in [1.29, 1.82) is 0 Å². The average molecular weight is 412 g/mol. The molecule has 0 saturated carbocycles. The maximum absolute atomic E-state index is 12.8.